The van der Waals surface area contributed by atoms with Crippen LogP contribution < -0.4 is 11.1 Å². The van der Waals surface area contributed by atoms with Crippen molar-refractivity contribution in [2.45, 2.75) is 52.5 Å². The Morgan fingerprint density at radius 2 is 2.17 bits per heavy atom. The maximum atomic E-state index is 5.66. The van der Waals surface area contributed by atoms with E-state index >= 15 is 0 Å². The second-order valence-electron chi connectivity index (χ2n) is 4.79. The summed E-state index contributed by atoms with van der Waals surface area (Å²) in [4.78, 5) is 4.88. The van der Waals surface area contributed by atoms with Crippen LogP contribution in [0, 0.1) is 6.92 Å². The van der Waals surface area contributed by atoms with E-state index in [0.29, 0.717) is 11.0 Å². The molecule has 0 saturated carbocycles. The van der Waals surface area contributed by atoms with Crippen molar-refractivity contribution in [3.63, 3.8) is 0 Å². The normalized spacial score (nSPS) is 12.2. The molecule has 3 nitrogen and oxygen atoms in total. The lowest BCUT2D eigenvalue weighted by atomic mass is 10.1. The fraction of sp³-hybridized carbons (Fsp3) is 0.571. The van der Waals surface area contributed by atoms with Crippen LogP contribution in [0.2, 0.25) is 0 Å². The summed E-state index contributed by atoms with van der Waals surface area (Å²) in [5, 5.41) is 3.41. The van der Waals surface area contributed by atoms with E-state index in [9.17, 15) is 0 Å². The number of aryl methyl sites for hydroxylation is 1. The first kappa shape index (κ1) is 14.9. The molecule has 1 heterocycles. The smallest absolute Gasteiger partial charge is 0.127 e. The van der Waals surface area contributed by atoms with E-state index in [1.54, 1.807) is 0 Å². The lowest BCUT2D eigenvalue weighted by Gasteiger charge is -2.15. The summed E-state index contributed by atoms with van der Waals surface area (Å²) < 4.78 is 0. The van der Waals surface area contributed by atoms with Crippen molar-refractivity contribution in [2.75, 3.05) is 5.32 Å². The van der Waals surface area contributed by atoms with Gasteiger partial charge in [0.15, 0.2) is 0 Å². The first-order chi connectivity index (χ1) is 8.52. The fourth-order valence-electron chi connectivity index (χ4n) is 1.91. The van der Waals surface area contributed by atoms with Crippen LogP contribution in [0.25, 0.3) is 0 Å². The average molecular weight is 265 g/mol. The lowest BCUT2D eigenvalue weighted by molar-refractivity contribution is 0.613. The second kappa shape index (κ2) is 7.31. The van der Waals surface area contributed by atoms with Gasteiger partial charge in [-0.3, -0.25) is 0 Å². The van der Waals surface area contributed by atoms with Crippen LogP contribution in [-0.2, 0) is 0 Å². The van der Waals surface area contributed by atoms with Gasteiger partial charge in [-0.2, -0.15) is 0 Å². The monoisotopic (exact) mass is 265 g/mol. The van der Waals surface area contributed by atoms with Crippen LogP contribution in [0.5, 0.6) is 0 Å². The van der Waals surface area contributed by atoms with E-state index in [1.807, 2.05) is 19.1 Å². The number of nitrogens with one attached hydrogen (secondary N) is 1. The van der Waals surface area contributed by atoms with E-state index in [2.05, 4.69) is 24.1 Å². The molecule has 3 N–H and O–H groups in total. The number of aromatic nitrogens is 1. The minimum absolute atomic E-state index is 0.419. The quantitative estimate of drug-likeness (QED) is 0.586. The van der Waals surface area contributed by atoms with Gasteiger partial charge in [-0.15, -0.1) is 0 Å². The highest BCUT2D eigenvalue weighted by atomic mass is 32.1. The molecule has 1 aromatic heterocycles. The Morgan fingerprint density at radius 1 is 1.44 bits per heavy atom. The molecule has 0 radical (unpaired) electrons. The number of anilines is 1. The number of nitrogens with zero attached hydrogens (tertiary/aromatic N) is 1. The molecule has 1 atom stereocenters. The minimum atomic E-state index is 0.419. The predicted octanol–water partition coefficient (Wildman–Crippen LogP) is 3.40. The highest BCUT2D eigenvalue weighted by Crippen LogP contribution is 2.13. The Hall–Kier alpha value is -1.16. The molecule has 0 bridgehead atoms. The summed E-state index contributed by atoms with van der Waals surface area (Å²) in [7, 11) is 0. The van der Waals surface area contributed by atoms with Crippen molar-refractivity contribution in [3.05, 3.63) is 23.4 Å². The summed E-state index contributed by atoms with van der Waals surface area (Å²) in [6, 6.07) is 4.26. The van der Waals surface area contributed by atoms with Gasteiger partial charge in [0, 0.05) is 17.3 Å². The fourth-order valence-corrected chi connectivity index (χ4v) is 2.03. The molecule has 0 aliphatic heterocycles. The van der Waals surface area contributed by atoms with Crippen molar-refractivity contribution < 1.29 is 0 Å². The Balaban J connectivity index is 2.63. The van der Waals surface area contributed by atoms with Gasteiger partial charge in [0.2, 0.25) is 0 Å². The molecule has 1 aromatic rings. The number of nitrogens with two attached hydrogens (primary N) is 1. The first-order valence-corrected chi connectivity index (χ1v) is 6.98. The summed E-state index contributed by atoms with van der Waals surface area (Å²) in [5.74, 6) is 0.863. The van der Waals surface area contributed by atoms with E-state index in [1.165, 1.54) is 19.3 Å². The molecule has 0 aliphatic rings. The zero-order valence-electron chi connectivity index (χ0n) is 11.5. The van der Waals surface area contributed by atoms with E-state index in [4.69, 9.17) is 18.0 Å². The van der Waals surface area contributed by atoms with Crippen molar-refractivity contribution >= 4 is 23.0 Å². The molecule has 0 spiro atoms. The SMILES string of the molecule is CCCCCC(C)Nc1cc(C(N)=S)cc(C)n1. The predicted molar refractivity (Wildman–Crippen MR) is 82.1 cm³/mol. The van der Waals surface area contributed by atoms with Gasteiger partial charge in [0.25, 0.3) is 0 Å². The van der Waals surface area contributed by atoms with E-state index < -0.39 is 0 Å². The van der Waals surface area contributed by atoms with Crippen LogP contribution in [0.3, 0.4) is 0 Å². The average Bonchev–Trinajstić information content (AvgIpc) is 2.28. The molecule has 100 valence electrons. The molecule has 4 heteroatoms. The Labute approximate surface area is 115 Å². The second-order valence-corrected chi connectivity index (χ2v) is 5.23. The number of hydrogen-bond acceptors (Lipinski definition) is 3. The standard InChI is InChI=1S/C14H23N3S/c1-4-5-6-7-10(2)16-13-9-12(14(15)18)8-11(3)17-13/h8-10H,4-7H2,1-3H3,(H2,15,18)(H,16,17). The molecule has 0 aromatic carbocycles. The minimum Gasteiger partial charge on any atom is -0.389 e. The maximum Gasteiger partial charge on any atom is 0.127 e. The zero-order chi connectivity index (χ0) is 13.5. The van der Waals surface area contributed by atoms with E-state index in [-0.39, 0.29) is 0 Å². The molecule has 0 aliphatic carbocycles. The zero-order valence-corrected chi connectivity index (χ0v) is 12.3. The third kappa shape index (κ3) is 5.00. The molecule has 0 amide bonds. The van der Waals surface area contributed by atoms with Gasteiger partial charge in [0.05, 0.1) is 0 Å². The third-order valence-corrected chi connectivity index (χ3v) is 3.11. The molecule has 1 unspecified atom stereocenters. The number of unbranched alkanes of at least 4 members (excludes halogenated alkanes) is 2. The highest BCUT2D eigenvalue weighted by Gasteiger charge is 2.06. The molecule has 18 heavy (non-hydrogen) atoms. The molecular weight excluding hydrogens is 242 g/mol. The van der Waals surface area contributed by atoms with Crippen LogP contribution in [0.15, 0.2) is 12.1 Å². The van der Waals surface area contributed by atoms with Crippen LogP contribution in [0.4, 0.5) is 5.82 Å². The van der Waals surface area contributed by atoms with Gasteiger partial charge < -0.3 is 11.1 Å². The van der Waals surface area contributed by atoms with Crippen molar-refractivity contribution in [3.8, 4) is 0 Å². The van der Waals surface area contributed by atoms with Crippen LogP contribution >= 0.6 is 12.2 Å². The largest absolute Gasteiger partial charge is 0.389 e. The van der Waals surface area contributed by atoms with Crippen LogP contribution in [-0.4, -0.2) is 16.0 Å². The number of rotatable bonds is 7. The Bertz CT molecular complexity index is 404. The van der Waals surface area contributed by atoms with Gasteiger partial charge in [0.1, 0.15) is 10.8 Å². The number of hydrogen-bond donors (Lipinski definition) is 2. The van der Waals surface area contributed by atoms with Gasteiger partial charge in [-0.1, -0.05) is 38.4 Å². The summed E-state index contributed by atoms with van der Waals surface area (Å²) in [5.41, 5.74) is 7.47. The van der Waals surface area contributed by atoms with Gasteiger partial charge in [-0.25, -0.2) is 4.98 Å². The van der Waals surface area contributed by atoms with E-state index in [0.717, 1.165) is 23.5 Å². The summed E-state index contributed by atoms with van der Waals surface area (Å²) in [6.07, 6.45) is 4.94. The van der Waals surface area contributed by atoms with Crippen LogP contribution in [0.1, 0.15) is 50.8 Å². The third-order valence-electron chi connectivity index (χ3n) is 2.87. The summed E-state index contributed by atoms with van der Waals surface area (Å²) >= 11 is 5.00. The molecule has 0 fully saturated rings. The Kier molecular flexibility index (Phi) is 6.05. The number of pyridine rings is 1. The Morgan fingerprint density at radius 3 is 2.78 bits per heavy atom. The number of thiocarbonyl (C=S) groups is 1. The van der Waals surface area contributed by atoms with Gasteiger partial charge >= 0.3 is 0 Å². The molecule has 0 saturated heterocycles. The molecule has 1 rings (SSSR count). The van der Waals surface area contributed by atoms with Crippen molar-refractivity contribution in [2.24, 2.45) is 5.73 Å². The topological polar surface area (TPSA) is 50.9 Å². The molecular formula is C14H23N3S. The maximum absolute atomic E-state index is 5.66. The lowest BCUT2D eigenvalue weighted by Crippen LogP contribution is -2.17. The van der Waals surface area contributed by atoms with Crippen molar-refractivity contribution in [1.82, 2.24) is 4.98 Å². The highest BCUT2D eigenvalue weighted by molar-refractivity contribution is 7.80. The van der Waals surface area contributed by atoms with Gasteiger partial charge in [-0.05, 0) is 32.4 Å². The van der Waals surface area contributed by atoms with Crippen molar-refractivity contribution in [1.29, 1.82) is 0 Å². The summed E-state index contributed by atoms with van der Waals surface area (Å²) in [6.45, 7) is 6.35. The first-order valence-electron chi connectivity index (χ1n) is 6.58.